The van der Waals surface area contributed by atoms with Crippen LogP contribution in [0.3, 0.4) is 0 Å². The topological polar surface area (TPSA) is 61.0 Å². The summed E-state index contributed by atoms with van der Waals surface area (Å²) in [5.41, 5.74) is 9.53. The van der Waals surface area contributed by atoms with Crippen molar-refractivity contribution in [3.8, 4) is 17.1 Å². The SMILES string of the molecule is COc1ccccc1Cc1cc2c(N)nc(-c3cccc(C)c3)nc2s1. The molecule has 2 aromatic carbocycles. The second-order valence-corrected chi connectivity index (χ2v) is 7.34. The van der Waals surface area contributed by atoms with Gasteiger partial charge < -0.3 is 10.5 Å². The smallest absolute Gasteiger partial charge is 0.163 e. The molecule has 2 heterocycles. The highest BCUT2D eigenvalue weighted by atomic mass is 32.1. The Hall–Kier alpha value is -2.92. The van der Waals surface area contributed by atoms with E-state index in [1.807, 2.05) is 30.3 Å². The predicted molar refractivity (Wildman–Crippen MR) is 108 cm³/mol. The van der Waals surface area contributed by atoms with E-state index >= 15 is 0 Å². The lowest BCUT2D eigenvalue weighted by atomic mass is 10.1. The van der Waals surface area contributed by atoms with Crippen LogP contribution >= 0.6 is 11.3 Å². The molecule has 0 unspecified atom stereocenters. The number of nitrogen functional groups attached to an aromatic ring is 1. The summed E-state index contributed by atoms with van der Waals surface area (Å²) in [6.07, 6.45) is 0.782. The molecular weight excluding hydrogens is 342 g/mol. The van der Waals surface area contributed by atoms with Crippen LogP contribution in [0.5, 0.6) is 5.75 Å². The molecule has 2 N–H and O–H groups in total. The normalized spacial score (nSPS) is 11.0. The van der Waals surface area contributed by atoms with Gasteiger partial charge in [0.05, 0.1) is 12.5 Å². The monoisotopic (exact) mass is 361 g/mol. The van der Waals surface area contributed by atoms with Crippen LogP contribution < -0.4 is 10.5 Å². The molecular formula is C21H19N3OS. The van der Waals surface area contributed by atoms with E-state index in [4.69, 9.17) is 15.5 Å². The molecule has 4 rings (SSSR count). The van der Waals surface area contributed by atoms with Crippen molar-refractivity contribution in [3.05, 3.63) is 70.6 Å². The molecule has 4 nitrogen and oxygen atoms in total. The van der Waals surface area contributed by atoms with E-state index in [0.717, 1.165) is 33.5 Å². The molecule has 0 atom stereocenters. The first-order chi connectivity index (χ1) is 12.6. The fraction of sp³-hybridized carbons (Fsp3) is 0.143. The number of thiophene rings is 1. The molecule has 5 heteroatoms. The zero-order chi connectivity index (χ0) is 18.1. The number of hydrogen-bond donors (Lipinski definition) is 1. The number of para-hydroxylation sites is 1. The Morgan fingerprint density at radius 2 is 1.88 bits per heavy atom. The van der Waals surface area contributed by atoms with Crippen molar-refractivity contribution in [2.24, 2.45) is 0 Å². The lowest BCUT2D eigenvalue weighted by molar-refractivity contribution is 0.410. The Morgan fingerprint density at radius 3 is 2.69 bits per heavy atom. The van der Waals surface area contributed by atoms with E-state index < -0.39 is 0 Å². The third-order valence-electron chi connectivity index (χ3n) is 4.31. The van der Waals surface area contributed by atoms with E-state index in [1.54, 1.807) is 18.4 Å². The fourth-order valence-corrected chi connectivity index (χ4v) is 4.09. The van der Waals surface area contributed by atoms with Crippen molar-refractivity contribution in [1.82, 2.24) is 9.97 Å². The number of nitrogens with two attached hydrogens (primary N) is 1. The van der Waals surface area contributed by atoms with Gasteiger partial charge in [-0.25, -0.2) is 9.97 Å². The van der Waals surface area contributed by atoms with Gasteiger partial charge in [-0.15, -0.1) is 11.3 Å². The first-order valence-electron chi connectivity index (χ1n) is 8.39. The number of hydrogen-bond acceptors (Lipinski definition) is 5. The van der Waals surface area contributed by atoms with E-state index in [2.05, 4.69) is 36.2 Å². The summed E-state index contributed by atoms with van der Waals surface area (Å²) in [5.74, 6) is 2.09. The molecule has 0 bridgehead atoms. The summed E-state index contributed by atoms with van der Waals surface area (Å²) < 4.78 is 5.46. The summed E-state index contributed by atoms with van der Waals surface area (Å²) >= 11 is 1.65. The van der Waals surface area contributed by atoms with Crippen molar-refractivity contribution in [1.29, 1.82) is 0 Å². The van der Waals surface area contributed by atoms with Crippen molar-refractivity contribution in [3.63, 3.8) is 0 Å². The predicted octanol–water partition coefficient (Wildman–Crippen LogP) is 4.85. The van der Waals surface area contributed by atoms with Gasteiger partial charge in [-0.1, -0.05) is 42.0 Å². The summed E-state index contributed by atoms with van der Waals surface area (Å²) in [5, 5.41) is 0.913. The van der Waals surface area contributed by atoms with E-state index in [1.165, 1.54) is 10.4 Å². The lowest BCUT2D eigenvalue weighted by Crippen LogP contribution is -1.96. The number of aromatic nitrogens is 2. The first-order valence-corrected chi connectivity index (χ1v) is 9.20. The summed E-state index contributed by atoms with van der Waals surface area (Å²) in [4.78, 5) is 11.4. The number of anilines is 1. The number of methoxy groups -OCH3 is 1. The number of benzene rings is 2. The second-order valence-electron chi connectivity index (χ2n) is 6.22. The Kier molecular flexibility index (Phi) is 4.31. The van der Waals surface area contributed by atoms with Gasteiger partial charge in [0.15, 0.2) is 5.82 Å². The molecule has 0 saturated carbocycles. The van der Waals surface area contributed by atoms with Crippen molar-refractivity contribution in [2.75, 3.05) is 12.8 Å². The number of aryl methyl sites for hydroxylation is 1. The highest BCUT2D eigenvalue weighted by molar-refractivity contribution is 7.18. The van der Waals surface area contributed by atoms with Crippen LogP contribution in [0.1, 0.15) is 16.0 Å². The van der Waals surface area contributed by atoms with Gasteiger partial charge in [-0.3, -0.25) is 0 Å². The molecule has 0 aliphatic carbocycles. The largest absolute Gasteiger partial charge is 0.496 e. The van der Waals surface area contributed by atoms with Crippen LogP contribution in [0.2, 0.25) is 0 Å². The average molecular weight is 361 g/mol. The van der Waals surface area contributed by atoms with Gasteiger partial charge in [0.2, 0.25) is 0 Å². The Bertz CT molecular complexity index is 1090. The van der Waals surface area contributed by atoms with E-state index in [0.29, 0.717) is 11.6 Å². The standard InChI is InChI=1S/C21H19N3OS/c1-13-6-5-8-15(10-13)20-23-19(22)17-12-16(26-21(17)24-20)11-14-7-3-4-9-18(14)25-2/h3-10,12H,11H2,1-2H3,(H2,22,23,24). The summed E-state index contributed by atoms with van der Waals surface area (Å²) in [6, 6.07) is 18.3. The van der Waals surface area contributed by atoms with Crippen LogP contribution in [0.4, 0.5) is 5.82 Å². The van der Waals surface area contributed by atoms with Gasteiger partial charge in [0, 0.05) is 16.9 Å². The molecule has 26 heavy (non-hydrogen) atoms. The highest BCUT2D eigenvalue weighted by Crippen LogP contribution is 2.32. The molecule has 130 valence electrons. The van der Waals surface area contributed by atoms with E-state index in [-0.39, 0.29) is 0 Å². The fourth-order valence-electron chi connectivity index (χ4n) is 3.03. The zero-order valence-corrected chi connectivity index (χ0v) is 15.5. The Labute approximate surface area is 156 Å². The minimum Gasteiger partial charge on any atom is -0.496 e. The van der Waals surface area contributed by atoms with Crippen LogP contribution in [-0.2, 0) is 6.42 Å². The van der Waals surface area contributed by atoms with Crippen LogP contribution in [0, 0.1) is 6.92 Å². The number of nitrogens with zero attached hydrogens (tertiary/aromatic N) is 2. The molecule has 0 radical (unpaired) electrons. The Balaban J connectivity index is 1.74. The molecule has 0 aliphatic heterocycles. The van der Waals surface area contributed by atoms with E-state index in [9.17, 15) is 0 Å². The van der Waals surface area contributed by atoms with Crippen molar-refractivity contribution < 1.29 is 4.74 Å². The van der Waals surface area contributed by atoms with Crippen LogP contribution in [0.15, 0.2) is 54.6 Å². The maximum absolute atomic E-state index is 6.23. The van der Waals surface area contributed by atoms with Crippen molar-refractivity contribution >= 4 is 27.4 Å². The number of rotatable bonds is 4. The van der Waals surface area contributed by atoms with Crippen molar-refractivity contribution in [2.45, 2.75) is 13.3 Å². The number of fused-ring (bicyclic) bond motifs is 1. The zero-order valence-electron chi connectivity index (χ0n) is 14.7. The molecule has 0 spiro atoms. The third-order valence-corrected chi connectivity index (χ3v) is 5.34. The van der Waals surface area contributed by atoms with Gasteiger partial charge in [-0.05, 0) is 30.7 Å². The minimum absolute atomic E-state index is 0.522. The molecule has 0 aliphatic rings. The van der Waals surface area contributed by atoms with Crippen LogP contribution in [-0.4, -0.2) is 17.1 Å². The van der Waals surface area contributed by atoms with Gasteiger partial charge in [-0.2, -0.15) is 0 Å². The molecule has 0 amide bonds. The quantitative estimate of drug-likeness (QED) is 0.564. The van der Waals surface area contributed by atoms with Crippen LogP contribution in [0.25, 0.3) is 21.6 Å². The average Bonchev–Trinajstić information content (AvgIpc) is 3.05. The number of ether oxygens (including phenoxy) is 1. The molecule has 0 saturated heterocycles. The van der Waals surface area contributed by atoms with Gasteiger partial charge in [0.25, 0.3) is 0 Å². The maximum atomic E-state index is 6.23. The summed E-state index contributed by atoms with van der Waals surface area (Å²) in [7, 11) is 1.70. The third kappa shape index (κ3) is 3.13. The maximum Gasteiger partial charge on any atom is 0.163 e. The lowest BCUT2D eigenvalue weighted by Gasteiger charge is -2.06. The molecule has 2 aromatic heterocycles. The minimum atomic E-state index is 0.522. The Morgan fingerprint density at radius 1 is 1.04 bits per heavy atom. The van der Waals surface area contributed by atoms with Gasteiger partial charge in [0.1, 0.15) is 16.4 Å². The second kappa shape index (κ2) is 6.77. The first kappa shape index (κ1) is 16.5. The highest BCUT2D eigenvalue weighted by Gasteiger charge is 2.13. The summed E-state index contributed by atoms with van der Waals surface area (Å²) in [6.45, 7) is 2.06. The molecule has 0 fully saturated rings. The molecule has 4 aromatic rings. The van der Waals surface area contributed by atoms with Gasteiger partial charge >= 0.3 is 0 Å².